The molecule has 2 heterocycles. The fourth-order valence-corrected chi connectivity index (χ4v) is 1.91. The normalized spacial score (nSPS) is 11.1. The van der Waals surface area contributed by atoms with E-state index in [1.165, 1.54) is 0 Å². The molecule has 0 radical (unpaired) electrons. The van der Waals surface area contributed by atoms with Gasteiger partial charge in [-0.3, -0.25) is 4.57 Å². The van der Waals surface area contributed by atoms with Gasteiger partial charge in [-0.25, -0.2) is 15.0 Å². The third kappa shape index (κ3) is 2.98. The lowest BCUT2D eigenvalue weighted by Crippen LogP contribution is -2.10. The van der Waals surface area contributed by atoms with Crippen LogP contribution in [0.3, 0.4) is 0 Å². The fourth-order valence-electron chi connectivity index (χ4n) is 1.91. The molecule has 0 atom stereocenters. The van der Waals surface area contributed by atoms with Crippen LogP contribution in [0.5, 0.6) is 0 Å². The highest BCUT2D eigenvalue weighted by atomic mass is 15.1. The third-order valence-corrected chi connectivity index (χ3v) is 3.30. The van der Waals surface area contributed by atoms with E-state index in [-0.39, 0.29) is 0 Å². The van der Waals surface area contributed by atoms with Gasteiger partial charge in [0.2, 0.25) is 0 Å². The van der Waals surface area contributed by atoms with Crippen LogP contribution in [0.2, 0.25) is 0 Å². The first-order valence-corrected chi connectivity index (χ1v) is 7.16. The van der Waals surface area contributed by atoms with Crippen molar-refractivity contribution in [2.45, 2.75) is 47.0 Å². The van der Waals surface area contributed by atoms with Gasteiger partial charge >= 0.3 is 0 Å². The molecule has 2 aromatic rings. The van der Waals surface area contributed by atoms with Gasteiger partial charge in [0.15, 0.2) is 0 Å². The highest BCUT2D eigenvalue weighted by Gasteiger charge is 2.11. The summed E-state index contributed by atoms with van der Waals surface area (Å²) in [5.74, 6) is 2.90. The molecule has 0 saturated carbocycles. The van der Waals surface area contributed by atoms with Crippen molar-refractivity contribution in [3.63, 3.8) is 0 Å². The summed E-state index contributed by atoms with van der Waals surface area (Å²) in [7, 11) is 0. The zero-order valence-corrected chi connectivity index (χ0v) is 12.9. The molecule has 5 heteroatoms. The summed E-state index contributed by atoms with van der Waals surface area (Å²) in [6, 6.07) is 1.98. The number of aromatic nitrogens is 4. The topological polar surface area (TPSA) is 55.6 Å². The molecular weight excluding hydrogens is 250 g/mol. The molecule has 0 bridgehead atoms. The van der Waals surface area contributed by atoms with Crippen LogP contribution in [-0.4, -0.2) is 26.1 Å². The second-order valence-corrected chi connectivity index (χ2v) is 5.34. The van der Waals surface area contributed by atoms with Crippen molar-refractivity contribution in [1.82, 2.24) is 19.5 Å². The van der Waals surface area contributed by atoms with Gasteiger partial charge in [-0.1, -0.05) is 20.8 Å². The Morgan fingerprint density at radius 1 is 1.25 bits per heavy atom. The van der Waals surface area contributed by atoms with Crippen molar-refractivity contribution in [1.29, 1.82) is 0 Å². The molecule has 1 N–H and O–H groups in total. The molecular formula is C15H23N5. The van der Waals surface area contributed by atoms with Crippen molar-refractivity contribution in [3.8, 4) is 5.82 Å². The molecule has 0 aliphatic rings. The molecule has 0 aliphatic heterocycles. The fraction of sp³-hybridized carbons (Fsp3) is 0.533. The van der Waals surface area contributed by atoms with Gasteiger partial charge in [0.1, 0.15) is 23.8 Å². The Kier molecular flexibility index (Phi) is 4.37. The van der Waals surface area contributed by atoms with Crippen LogP contribution in [0.4, 0.5) is 5.82 Å². The van der Waals surface area contributed by atoms with Crippen molar-refractivity contribution >= 4 is 5.82 Å². The van der Waals surface area contributed by atoms with Crippen LogP contribution in [0.25, 0.3) is 5.82 Å². The van der Waals surface area contributed by atoms with Gasteiger partial charge in [0.25, 0.3) is 0 Å². The molecule has 0 saturated heterocycles. The molecule has 2 rings (SSSR count). The van der Waals surface area contributed by atoms with Gasteiger partial charge in [-0.05, 0) is 20.3 Å². The van der Waals surface area contributed by atoms with Crippen molar-refractivity contribution in [3.05, 3.63) is 29.6 Å². The molecule has 5 nitrogen and oxygen atoms in total. The number of anilines is 1. The van der Waals surface area contributed by atoms with Gasteiger partial charge in [-0.2, -0.15) is 0 Å². The maximum Gasteiger partial charge on any atom is 0.143 e. The van der Waals surface area contributed by atoms with Crippen molar-refractivity contribution in [2.75, 3.05) is 11.9 Å². The Labute approximate surface area is 120 Å². The first-order valence-electron chi connectivity index (χ1n) is 7.16. The quantitative estimate of drug-likeness (QED) is 0.908. The second-order valence-electron chi connectivity index (χ2n) is 5.34. The number of nitrogens with one attached hydrogen (secondary N) is 1. The summed E-state index contributed by atoms with van der Waals surface area (Å²) in [5.41, 5.74) is 2.14. The second kappa shape index (κ2) is 6.03. The summed E-state index contributed by atoms with van der Waals surface area (Å²) in [4.78, 5) is 13.6. The van der Waals surface area contributed by atoms with Crippen LogP contribution in [-0.2, 0) is 0 Å². The van der Waals surface area contributed by atoms with E-state index < -0.39 is 0 Å². The predicted octanol–water partition coefficient (Wildman–Crippen LogP) is 3.22. The smallest absolute Gasteiger partial charge is 0.143 e. The van der Waals surface area contributed by atoms with Crippen LogP contribution in [0.15, 0.2) is 12.4 Å². The Hall–Kier alpha value is -1.91. The van der Waals surface area contributed by atoms with Crippen molar-refractivity contribution < 1.29 is 0 Å². The van der Waals surface area contributed by atoms with E-state index in [1.807, 2.05) is 23.9 Å². The van der Waals surface area contributed by atoms with E-state index in [0.29, 0.717) is 5.92 Å². The summed E-state index contributed by atoms with van der Waals surface area (Å²) in [6.45, 7) is 11.3. The van der Waals surface area contributed by atoms with Gasteiger partial charge < -0.3 is 5.32 Å². The van der Waals surface area contributed by atoms with Crippen LogP contribution in [0, 0.1) is 13.8 Å². The molecule has 2 aromatic heterocycles. The highest BCUT2D eigenvalue weighted by molar-refractivity contribution is 5.43. The zero-order valence-electron chi connectivity index (χ0n) is 12.9. The average molecular weight is 273 g/mol. The van der Waals surface area contributed by atoms with Crippen molar-refractivity contribution in [2.24, 2.45) is 0 Å². The maximum atomic E-state index is 4.66. The zero-order chi connectivity index (χ0) is 14.7. The van der Waals surface area contributed by atoms with E-state index in [9.17, 15) is 0 Å². The van der Waals surface area contributed by atoms with Crippen LogP contribution >= 0.6 is 0 Å². The Balaban J connectivity index is 2.46. The SMILES string of the molecule is CCCNc1cc(-n2cnc(C)c2C)nc(C(C)C)n1. The van der Waals surface area contributed by atoms with Gasteiger partial charge in [0, 0.05) is 24.2 Å². The van der Waals surface area contributed by atoms with Crippen LogP contribution < -0.4 is 5.32 Å². The molecule has 0 spiro atoms. The van der Waals surface area contributed by atoms with E-state index in [4.69, 9.17) is 0 Å². The minimum absolute atomic E-state index is 0.294. The standard InChI is InChI=1S/C15H23N5/c1-6-7-16-13-8-14(19-15(18-13)10(2)3)20-9-17-11(4)12(20)5/h8-10H,6-7H2,1-5H3,(H,16,18,19). The molecule has 0 aliphatic carbocycles. The number of imidazole rings is 1. The van der Waals surface area contributed by atoms with E-state index >= 15 is 0 Å². The minimum atomic E-state index is 0.294. The molecule has 108 valence electrons. The first kappa shape index (κ1) is 14.5. The number of nitrogens with zero attached hydrogens (tertiary/aromatic N) is 4. The maximum absolute atomic E-state index is 4.66. The first-order chi connectivity index (χ1) is 9.52. The number of rotatable bonds is 5. The van der Waals surface area contributed by atoms with Gasteiger partial charge in [0.05, 0.1) is 5.69 Å². The Bertz CT molecular complexity index is 586. The molecule has 20 heavy (non-hydrogen) atoms. The lowest BCUT2D eigenvalue weighted by Gasteiger charge is -2.12. The molecule has 0 fully saturated rings. The average Bonchev–Trinajstić information content (AvgIpc) is 2.76. The Morgan fingerprint density at radius 2 is 2.00 bits per heavy atom. The lowest BCUT2D eigenvalue weighted by atomic mass is 10.2. The van der Waals surface area contributed by atoms with Crippen LogP contribution in [0.1, 0.15) is 50.3 Å². The summed E-state index contributed by atoms with van der Waals surface area (Å²) in [6.07, 6.45) is 2.89. The summed E-state index contributed by atoms with van der Waals surface area (Å²) in [5, 5.41) is 3.34. The largest absolute Gasteiger partial charge is 0.370 e. The third-order valence-electron chi connectivity index (χ3n) is 3.30. The van der Waals surface area contributed by atoms with E-state index in [0.717, 1.165) is 41.8 Å². The summed E-state index contributed by atoms with van der Waals surface area (Å²) < 4.78 is 2.01. The Morgan fingerprint density at radius 3 is 2.55 bits per heavy atom. The molecule has 0 amide bonds. The molecule has 0 unspecified atom stereocenters. The molecule has 0 aromatic carbocycles. The number of hydrogen-bond acceptors (Lipinski definition) is 4. The predicted molar refractivity (Wildman–Crippen MR) is 81.5 cm³/mol. The number of hydrogen-bond donors (Lipinski definition) is 1. The number of aryl methyl sites for hydroxylation is 1. The monoisotopic (exact) mass is 273 g/mol. The van der Waals surface area contributed by atoms with Gasteiger partial charge in [-0.15, -0.1) is 0 Å². The van der Waals surface area contributed by atoms with E-state index in [2.05, 4.69) is 48.0 Å². The minimum Gasteiger partial charge on any atom is -0.370 e. The highest BCUT2D eigenvalue weighted by Crippen LogP contribution is 2.18. The lowest BCUT2D eigenvalue weighted by molar-refractivity contribution is 0.759. The van der Waals surface area contributed by atoms with E-state index in [1.54, 1.807) is 0 Å². The summed E-state index contributed by atoms with van der Waals surface area (Å²) >= 11 is 0.